The van der Waals surface area contributed by atoms with Gasteiger partial charge in [-0.05, 0) is 121 Å². The Morgan fingerprint density at radius 1 is 1.00 bits per heavy atom. The van der Waals surface area contributed by atoms with Crippen molar-refractivity contribution in [2.24, 2.45) is 16.6 Å². The number of nitrogens with zero attached hydrogens (tertiary/aromatic N) is 5. The van der Waals surface area contributed by atoms with Crippen molar-refractivity contribution in [2.45, 2.75) is 75.7 Å². The summed E-state index contributed by atoms with van der Waals surface area (Å²) in [6.45, 7) is 7.72. The zero-order valence-corrected chi connectivity index (χ0v) is 34.9. The second-order valence-corrected chi connectivity index (χ2v) is 16.2. The molecule has 312 valence electrons. The van der Waals surface area contributed by atoms with Crippen molar-refractivity contribution < 1.29 is 23.2 Å². The Morgan fingerprint density at radius 3 is 2.24 bits per heavy atom. The molecule has 1 atom stereocenters. The number of rotatable bonds is 13. The van der Waals surface area contributed by atoms with Gasteiger partial charge in [-0.1, -0.05) is 29.8 Å². The van der Waals surface area contributed by atoms with Gasteiger partial charge in [0, 0.05) is 73.6 Å². The summed E-state index contributed by atoms with van der Waals surface area (Å²) in [6.07, 6.45) is 7.11. The molecular weight excluding hydrogens is 762 g/mol. The van der Waals surface area contributed by atoms with E-state index >= 15 is 0 Å². The third-order valence-corrected chi connectivity index (χ3v) is 11.9. The molecule has 2 fully saturated rings. The molecule has 5 N–H and O–H groups in total. The molecule has 14 heteroatoms. The maximum Gasteiger partial charge on any atom is 0.153 e. The summed E-state index contributed by atoms with van der Waals surface area (Å²) in [6, 6.07) is 14.7. The van der Waals surface area contributed by atoms with E-state index in [9.17, 15) is 23.2 Å². The standard InChI is InChI=1S/C42H50ClF2N7O3.C2H7N/c1-42(2)34-10-9-28(20-39(34)52(41(42)48-3)38-8-4-7-35(43)33(38)26-55)27-11-15-49(16-12-27)23-30(46)24-51(47)31-13-17-50(18-14-31)32-21-36(44)40(37(45)22-32)29(25-54)6-5-19-53;1-3-2/h4,7-10,19-22,24-27,29,31H,5-6,11-18,23,46-47H2,1-3H3;3H,1-2H3/b30-24-,48-41?;. The van der Waals surface area contributed by atoms with Crippen LogP contribution in [0.5, 0.6) is 0 Å². The fourth-order valence-corrected chi connectivity index (χ4v) is 8.78. The highest BCUT2D eigenvalue weighted by molar-refractivity contribution is 6.34. The van der Waals surface area contributed by atoms with E-state index in [-0.39, 0.29) is 29.9 Å². The lowest BCUT2D eigenvalue weighted by Crippen LogP contribution is -2.46. The van der Waals surface area contributed by atoms with Gasteiger partial charge in [0.05, 0.1) is 22.0 Å². The Morgan fingerprint density at radius 2 is 1.66 bits per heavy atom. The fraction of sp³-hybridized carbons (Fsp3) is 0.455. The van der Waals surface area contributed by atoms with Gasteiger partial charge in [-0.15, -0.1) is 0 Å². The van der Waals surface area contributed by atoms with Crippen molar-refractivity contribution in [1.82, 2.24) is 15.2 Å². The largest absolute Gasteiger partial charge is 0.400 e. The average molecular weight is 819 g/mol. The highest BCUT2D eigenvalue weighted by Gasteiger charge is 2.43. The molecule has 58 heavy (non-hydrogen) atoms. The highest BCUT2D eigenvalue weighted by atomic mass is 35.5. The van der Waals surface area contributed by atoms with Crippen LogP contribution < -0.4 is 26.7 Å². The molecule has 0 aromatic heterocycles. The Hall–Kier alpha value is -4.69. The van der Waals surface area contributed by atoms with E-state index in [1.807, 2.05) is 31.1 Å². The van der Waals surface area contributed by atoms with Crippen LogP contribution in [-0.4, -0.2) is 94.5 Å². The third-order valence-electron chi connectivity index (χ3n) is 11.5. The number of aldehydes is 3. The monoisotopic (exact) mass is 818 g/mol. The zero-order valence-electron chi connectivity index (χ0n) is 34.2. The smallest absolute Gasteiger partial charge is 0.153 e. The number of aliphatic imine (C=N–C) groups is 1. The SMILES string of the molecule is CN=C1N(c2cccc(Cl)c2C=O)c2cc(C3CCN(C/C(N)=C/N(N)C4CCN(c5cc(F)c(C(C=O)CCC=O)c(F)c5)CC4)CC3)ccc2C1(C)C.CNC. The number of likely N-dealkylation sites (tertiary alicyclic amines) is 1. The van der Waals surface area contributed by atoms with Gasteiger partial charge in [0.15, 0.2) is 6.29 Å². The summed E-state index contributed by atoms with van der Waals surface area (Å²) in [7, 11) is 5.53. The minimum atomic E-state index is -1.01. The van der Waals surface area contributed by atoms with Gasteiger partial charge >= 0.3 is 0 Å². The second kappa shape index (κ2) is 19.8. The first kappa shape index (κ1) is 44.4. The first-order chi connectivity index (χ1) is 27.8. The van der Waals surface area contributed by atoms with Crippen molar-refractivity contribution in [3.05, 3.63) is 99.3 Å². The van der Waals surface area contributed by atoms with E-state index in [0.29, 0.717) is 72.9 Å². The lowest BCUT2D eigenvalue weighted by molar-refractivity contribution is -0.110. The molecule has 11 nitrogen and oxygen atoms in total. The van der Waals surface area contributed by atoms with Crippen LogP contribution in [0.4, 0.5) is 25.8 Å². The second-order valence-electron chi connectivity index (χ2n) is 15.8. The van der Waals surface area contributed by atoms with Crippen LogP contribution in [0.2, 0.25) is 5.02 Å². The van der Waals surface area contributed by atoms with Gasteiger partial charge in [-0.3, -0.25) is 19.6 Å². The van der Waals surface area contributed by atoms with Crippen molar-refractivity contribution >= 4 is 53.4 Å². The van der Waals surface area contributed by atoms with Crippen LogP contribution >= 0.6 is 11.6 Å². The normalized spacial score (nSPS) is 18.7. The number of benzene rings is 3. The van der Waals surface area contributed by atoms with Crippen molar-refractivity contribution in [2.75, 3.05) is 63.7 Å². The van der Waals surface area contributed by atoms with Crippen LogP contribution in [0.15, 0.2) is 65.4 Å². The lowest BCUT2D eigenvalue weighted by atomic mass is 9.83. The van der Waals surface area contributed by atoms with Gasteiger partial charge in [0.2, 0.25) is 0 Å². The summed E-state index contributed by atoms with van der Waals surface area (Å²) in [4.78, 5) is 45.4. The first-order valence-corrected chi connectivity index (χ1v) is 20.3. The number of fused-ring (bicyclic) bond motifs is 1. The Bertz CT molecular complexity index is 1970. The first-order valence-electron chi connectivity index (χ1n) is 19.9. The zero-order chi connectivity index (χ0) is 42.1. The highest BCUT2D eigenvalue weighted by Crippen LogP contribution is 2.49. The van der Waals surface area contributed by atoms with Crippen LogP contribution in [0, 0.1) is 11.6 Å². The van der Waals surface area contributed by atoms with E-state index in [1.54, 1.807) is 24.3 Å². The number of halogens is 3. The number of carbonyl (C=O) groups is 3. The minimum absolute atomic E-state index is 0.00873. The Kier molecular flexibility index (Phi) is 15.2. The van der Waals surface area contributed by atoms with Gasteiger partial charge in [0.25, 0.3) is 0 Å². The van der Waals surface area contributed by atoms with Gasteiger partial charge < -0.3 is 30.5 Å². The fourth-order valence-electron chi connectivity index (χ4n) is 8.57. The minimum Gasteiger partial charge on any atom is -0.400 e. The molecule has 3 heterocycles. The molecule has 3 aromatic rings. The number of piperidine rings is 2. The third kappa shape index (κ3) is 9.60. The van der Waals surface area contributed by atoms with Crippen LogP contribution in [0.1, 0.15) is 91.3 Å². The number of hydrazine groups is 1. The number of carbonyl (C=O) groups excluding carboxylic acids is 3. The summed E-state index contributed by atoms with van der Waals surface area (Å²) < 4.78 is 30.0. The van der Waals surface area contributed by atoms with Crippen molar-refractivity contribution in [1.29, 1.82) is 0 Å². The summed E-state index contributed by atoms with van der Waals surface area (Å²) in [5.41, 5.74) is 11.5. The van der Waals surface area contributed by atoms with Crippen LogP contribution in [0.25, 0.3) is 0 Å². The number of nitrogens with two attached hydrogens (primary N) is 2. The predicted molar refractivity (Wildman–Crippen MR) is 229 cm³/mol. The summed E-state index contributed by atoms with van der Waals surface area (Å²) in [5, 5.41) is 4.82. The van der Waals surface area contributed by atoms with E-state index in [0.717, 1.165) is 55.0 Å². The lowest BCUT2D eigenvalue weighted by Gasteiger charge is -2.37. The number of anilines is 3. The van der Waals surface area contributed by atoms with E-state index in [4.69, 9.17) is 23.2 Å². The molecule has 0 aliphatic carbocycles. The number of hydrogen-bond acceptors (Lipinski definition) is 10. The molecular formula is C44H57ClF2N8O3. The number of hydrogen-bond donors (Lipinski definition) is 3. The van der Waals surface area contributed by atoms with Gasteiger partial charge in [-0.2, -0.15) is 0 Å². The molecule has 1 unspecified atom stereocenters. The molecule has 6 rings (SSSR count). The average Bonchev–Trinajstić information content (AvgIpc) is 3.43. The molecule has 3 aliphatic rings. The van der Waals surface area contributed by atoms with Crippen molar-refractivity contribution in [3.8, 4) is 0 Å². The molecule has 0 saturated carbocycles. The van der Waals surface area contributed by atoms with E-state index in [1.165, 1.54) is 17.7 Å². The van der Waals surface area contributed by atoms with Crippen LogP contribution in [0.3, 0.4) is 0 Å². The van der Waals surface area contributed by atoms with E-state index < -0.39 is 17.6 Å². The summed E-state index contributed by atoms with van der Waals surface area (Å²) in [5.74, 6) is 5.11. The quantitative estimate of drug-likeness (QED) is 0.0958. The topological polar surface area (TPSA) is 141 Å². The summed E-state index contributed by atoms with van der Waals surface area (Å²) >= 11 is 6.47. The molecule has 3 aliphatic heterocycles. The maximum atomic E-state index is 15.0. The molecule has 2 saturated heterocycles. The Balaban J connectivity index is 0.00000207. The Labute approximate surface area is 346 Å². The number of amidine groups is 1. The molecule has 0 radical (unpaired) electrons. The maximum absolute atomic E-state index is 15.0. The van der Waals surface area contributed by atoms with E-state index in [2.05, 4.69) is 52.2 Å². The molecule has 0 bridgehead atoms. The van der Waals surface area contributed by atoms with Crippen LogP contribution in [-0.2, 0) is 15.0 Å². The molecule has 0 spiro atoms. The van der Waals surface area contributed by atoms with Crippen molar-refractivity contribution in [3.63, 3.8) is 0 Å². The van der Waals surface area contributed by atoms with Gasteiger partial charge in [0.1, 0.15) is 30.0 Å². The number of nitrogens with one attached hydrogen (secondary N) is 1. The van der Waals surface area contributed by atoms with Gasteiger partial charge in [-0.25, -0.2) is 14.6 Å². The predicted octanol–water partition coefficient (Wildman–Crippen LogP) is 6.81. The molecule has 3 aromatic carbocycles. The molecule has 0 amide bonds.